The molecule has 3 aromatic heterocycles. The number of para-hydroxylation sites is 2. The van der Waals surface area contributed by atoms with E-state index in [4.69, 9.17) is 9.72 Å². The summed E-state index contributed by atoms with van der Waals surface area (Å²) in [6, 6.07) is 87.6. The molecule has 0 saturated heterocycles. The summed E-state index contributed by atoms with van der Waals surface area (Å²) in [6.45, 7) is 6.73. The zero-order valence-electron chi connectivity index (χ0n) is 43.4. The van der Waals surface area contributed by atoms with Crippen LogP contribution in [-0.2, 0) is 16.2 Å². The van der Waals surface area contributed by atoms with Gasteiger partial charge in [0.2, 0.25) is 0 Å². The number of benzene rings is 10. The molecule has 13 aromatic rings. The minimum absolute atomic E-state index is 0.0272. The molecule has 0 bridgehead atoms. The van der Waals surface area contributed by atoms with Crippen LogP contribution in [-0.4, -0.2) is 14.1 Å². The first-order valence-electron chi connectivity index (χ1n) is 27.2. The Morgan fingerprint density at radius 1 is 0.487 bits per heavy atom. The molecule has 17 rings (SSSR count). The fourth-order valence-electron chi connectivity index (χ4n) is 14.9. The number of ether oxygens (including phenoxy) is 1. The summed E-state index contributed by atoms with van der Waals surface area (Å²) in [6.07, 6.45) is 5.92. The van der Waals surface area contributed by atoms with Crippen molar-refractivity contribution < 1.29 is 9.30 Å². The second-order valence-corrected chi connectivity index (χ2v) is 22.8. The molecule has 4 heterocycles. The largest absolute Gasteiger partial charge is 0.458 e. The van der Waals surface area contributed by atoms with Gasteiger partial charge in [-0.2, -0.15) is 0 Å². The average molecular weight is 999 g/mol. The Labute approximate surface area is 452 Å². The third-order valence-electron chi connectivity index (χ3n) is 18.0. The van der Waals surface area contributed by atoms with E-state index in [9.17, 15) is 0 Å². The van der Waals surface area contributed by atoms with Crippen LogP contribution in [0.1, 0.15) is 71.2 Å². The van der Waals surface area contributed by atoms with E-state index in [0.29, 0.717) is 0 Å². The fraction of sp³-hybridized carbons (Fsp3) is 0.0959. The van der Waals surface area contributed by atoms with Crippen molar-refractivity contribution in [1.29, 1.82) is 0 Å². The highest BCUT2D eigenvalue weighted by molar-refractivity contribution is 6.09. The predicted octanol–water partition coefficient (Wildman–Crippen LogP) is 16.7. The smallest absolute Gasteiger partial charge is 0.269 e. The summed E-state index contributed by atoms with van der Waals surface area (Å²) in [7, 11) is 0. The van der Waals surface area contributed by atoms with Gasteiger partial charge in [-0.15, -0.1) is 0 Å². The Kier molecular flexibility index (Phi) is 8.68. The first-order valence-corrected chi connectivity index (χ1v) is 27.2. The lowest BCUT2D eigenvalue weighted by molar-refractivity contribution is -0.571. The Balaban J connectivity index is 0.852. The van der Waals surface area contributed by atoms with Gasteiger partial charge in [-0.05, 0) is 138 Å². The van der Waals surface area contributed by atoms with Gasteiger partial charge in [0.15, 0.2) is 0 Å². The molecular formula is C73H50N4O. The normalized spacial score (nSPS) is 17.9. The maximum Gasteiger partial charge on any atom is 0.269 e. The quantitative estimate of drug-likeness (QED) is 0.127. The predicted molar refractivity (Wildman–Crippen MR) is 313 cm³/mol. The number of hydrogen-bond donors (Lipinski definition) is 0. The number of hydrogen-bond acceptors (Lipinski definition) is 2. The summed E-state index contributed by atoms with van der Waals surface area (Å²) in [5.74, 6) is 2.63. The number of pyridine rings is 1. The Hall–Kier alpha value is -9.58. The Morgan fingerprint density at radius 3 is 1.90 bits per heavy atom. The van der Waals surface area contributed by atoms with Crippen molar-refractivity contribution in [2.75, 3.05) is 0 Å². The summed E-state index contributed by atoms with van der Waals surface area (Å²) in [4.78, 5) is 4.93. The van der Waals surface area contributed by atoms with Crippen LogP contribution < -0.4 is 9.30 Å². The highest BCUT2D eigenvalue weighted by Gasteiger charge is 2.77. The molecule has 5 heteroatoms. The lowest BCUT2D eigenvalue weighted by atomic mass is 9.35. The van der Waals surface area contributed by atoms with E-state index in [0.717, 1.165) is 61.7 Å². The van der Waals surface area contributed by atoms with Gasteiger partial charge < -0.3 is 4.74 Å². The van der Waals surface area contributed by atoms with Crippen LogP contribution in [0.25, 0.3) is 83.4 Å². The van der Waals surface area contributed by atoms with Crippen LogP contribution >= 0.6 is 0 Å². The minimum atomic E-state index is -0.386. The molecule has 5 nitrogen and oxygen atoms in total. The number of rotatable bonds is 5. The van der Waals surface area contributed by atoms with Crippen molar-refractivity contribution in [2.24, 2.45) is 0 Å². The number of fused-ring (bicyclic) bond motifs is 17. The molecule has 368 valence electrons. The van der Waals surface area contributed by atoms with Crippen molar-refractivity contribution >= 4 is 32.8 Å². The maximum absolute atomic E-state index is 6.90. The highest BCUT2D eigenvalue weighted by atomic mass is 16.5. The van der Waals surface area contributed by atoms with E-state index in [1.54, 1.807) is 0 Å². The second kappa shape index (κ2) is 15.5. The first-order chi connectivity index (χ1) is 38.3. The lowest BCUT2D eigenvalue weighted by Gasteiger charge is -2.65. The Morgan fingerprint density at radius 2 is 1.10 bits per heavy atom. The lowest BCUT2D eigenvalue weighted by Crippen LogP contribution is -2.64. The zero-order chi connectivity index (χ0) is 51.6. The highest BCUT2D eigenvalue weighted by Crippen LogP contribution is 2.81. The molecule has 10 aromatic carbocycles. The SMILES string of the molecule is CC(C)(C)c1ccnc(-n2c3ccccc3c3ccc(Oc4cccc(-n5[c-][n+]6c7c(cccc75)-c5ccccc5-c5ccccc5-c5cc(C78c9ccccc9C9c%10ccccc%10C97c7ccccc78)ccc5-6)c4)cc32)c1. The molecule has 3 atom stereocenters. The first kappa shape index (κ1) is 43.6. The van der Waals surface area contributed by atoms with Crippen molar-refractivity contribution in [1.82, 2.24) is 14.1 Å². The Bertz CT molecular complexity index is 4730. The molecule has 1 aliphatic heterocycles. The van der Waals surface area contributed by atoms with E-state index >= 15 is 0 Å². The van der Waals surface area contributed by atoms with E-state index in [-0.39, 0.29) is 22.2 Å². The van der Waals surface area contributed by atoms with E-state index < -0.39 is 0 Å². The monoisotopic (exact) mass is 998 g/mol. The molecule has 1 spiro atoms. The summed E-state index contributed by atoms with van der Waals surface area (Å²) in [5.41, 5.74) is 23.9. The maximum atomic E-state index is 6.90. The molecule has 0 fully saturated rings. The van der Waals surface area contributed by atoms with Gasteiger partial charge in [0.05, 0.1) is 38.9 Å². The third kappa shape index (κ3) is 5.50. The summed E-state index contributed by atoms with van der Waals surface area (Å²) >= 11 is 0. The molecular weight excluding hydrogens is 949 g/mol. The van der Waals surface area contributed by atoms with Crippen LogP contribution in [0.5, 0.6) is 11.5 Å². The van der Waals surface area contributed by atoms with E-state index in [1.165, 1.54) is 77.7 Å². The third-order valence-corrected chi connectivity index (χ3v) is 18.0. The molecule has 3 unspecified atom stereocenters. The van der Waals surface area contributed by atoms with Gasteiger partial charge in [0.1, 0.15) is 17.3 Å². The standard InChI is InChI=1S/C73H50N4O/c1-71(2,3)45-38-39-74-68(41-45)77-65-32-15-10-24-54(65)55-36-35-49(43-67(55)77)78-48-19-16-18-47(42-48)75-44-76-64-37-34-46(40-59(64)53-23-7-5-21-51(53)50-20-4-6-22-52(50)56-27-17-33-66(75)70(56)76)72-60-28-11-8-25-57(60)69-58-26-9-12-29-61(58)73(69,72)63-31-14-13-30-62(63)72/h4-43,69H,1-3H3. The van der Waals surface area contributed by atoms with Crippen LogP contribution in [0, 0.1) is 6.33 Å². The van der Waals surface area contributed by atoms with Crippen LogP contribution in [0.2, 0.25) is 0 Å². The van der Waals surface area contributed by atoms with Gasteiger partial charge in [-0.25, -0.2) is 4.98 Å². The van der Waals surface area contributed by atoms with E-state index in [1.807, 2.05) is 12.3 Å². The molecule has 3 aliphatic carbocycles. The minimum Gasteiger partial charge on any atom is -0.458 e. The van der Waals surface area contributed by atoms with Crippen molar-refractivity contribution in [3.63, 3.8) is 0 Å². The fourth-order valence-corrected chi connectivity index (χ4v) is 14.9. The van der Waals surface area contributed by atoms with Gasteiger partial charge >= 0.3 is 0 Å². The van der Waals surface area contributed by atoms with Crippen LogP contribution in [0.15, 0.2) is 243 Å². The molecule has 0 amide bonds. The molecule has 4 aliphatic rings. The van der Waals surface area contributed by atoms with Crippen molar-refractivity contribution in [3.05, 3.63) is 294 Å². The van der Waals surface area contributed by atoms with Gasteiger partial charge in [0, 0.05) is 34.4 Å². The number of imidazole rings is 1. The van der Waals surface area contributed by atoms with Gasteiger partial charge in [0.25, 0.3) is 6.33 Å². The topological polar surface area (TPSA) is 35.9 Å². The van der Waals surface area contributed by atoms with Crippen molar-refractivity contribution in [3.8, 4) is 62.1 Å². The molecule has 0 saturated carbocycles. The number of aromatic nitrogens is 4. The van der Waals surface area contributed by atoms with Gasteiger partial charge in [-0.3, -0.25) is 13.7 Å². The molecule has 78 heavy (non-hydrogen) atoms. The summed E-state index contributed by atoms with van der Waals surface area (Å²) < 4.78 is 13.7. The average Bonchev–Trinajstić information content (AvgIpc) is 2.04. The van der Waals surface area contributed by atoms with Crippen LogP contribution in [0.3, 0.4) is 0 Å². The molecule has 0 radical (unpaired) electrons. The van der Waals surface area contributed by atoms with E-state index in [2.05, 4.69) is 271 Å². The van der Waals surface area contributed by atoms with Crippen LogP contribution in [0.4, 0.5) is 0 Å². The van der Waals surface area contributed by atoms with Crippen molar-refractivity contribution in [2.45, 2.75) is 42.9 Å². The zero-order valence-corrected chi connectivity index (χ0v) is 43.4. The van der Waals surface area contributed by atoms with Gasteiger partial charge in [-0.1, -0.05) is 197 Å². The second-order valence-electron chi connectivity index (χ2n) is 22.8. The number of nitrogens with zero attached hydrogens (tertiary/aromatic N) is 4. The molecule has 0 N–H and O–H groups in total. The summed E-state index contributed by atoms with van der Waals surface area (Å²) in [5, 5.41) is 2.32.